The van der Waals surface area contributed by atoms with Gasteiger partial charge in [0.15, 0.2) is 0 Å². The van der Waals surface area contributed by atoms with E-state index in [4.69, 9.17) is 5.73 Å². The third-order valence-corrected chi connectivity index (χ3v) is 1.22. The van der Waals surface area contributed by atoms with Crippen LogP contribution in [0.4, 0.5) is 0 Å². The van der Waals surface area contributed by atoms with Gasteiger partial charge in [-0.1, -0.05) is 13.8 Å². The predicted octanol–water partition coefficient (Wildman–Crippen LogP) is -0.353. The van der Waals surface area contributed by atoms with Crippen LogP contribution in [0.3, 0.4) is 0 Å². The fraction of sp³-hybridized carbons (Fsp3) is 0.833. The molecular formula is C6H14N2O2. The Kier molecular flexibility index (Phi) is 3.99. The average molecular weight is 146 g/mol. The lowest BCUT2D eigenvalue weighted by molar-refractivity contribution is -0.124. The quantitative estimate of drug-likeness (QED) is 0.533. The maximum absolute atomic E-state index is 10.6. The highest BCUT2D eigenvalue weighted by atomic mass is 16.6. The number of carbonyl (C=O) groups excluding carboxylic acids is 1. The summed E-state index contributed by atoms with van der Waals surface area (Å²) in [5.74, 6) is -0.241. The smallest absolute Gasteiger partial charge is 0.237 e. The van der Waals surface area contributed by atoms with Crippen molar-refractivity contribution in [3.63, 3.8) is 0 Å². The van der Waals surface area contributed by atoms with Crippen LogP contribution in [0, 0.1) is 5.92 Å². The molecule has 0 fully saturated rings. The molecule has 0 radical (unpaired) electrons. The Morgan fingerprint density at radius 3 is 2.20 bits per heavy atom. The second kappa shape index (κ2) is 4.24. The summed E-state index contributed by atoms with van der Waals surface area (Å²) in [6.45, 7) is 3.78. The standard InChI is InChI=1S/C6H14N2O2/c1-4(2)5(6(7)9)8-10-3/h4-5,8H,1-3H3,(H2,7,9)/t5-/m0/s1. The van der Waals surface area contributed by atoms with Crippen LogP contribution < -0.4 is 11.2 Å². The molecule has 4 nitrogen and oxygen atoms in total. The van der Waals surface area contributed by atoms with Gasteiger partial charge >= 0.3 is 0 Å². The van der Waals surface area contributed by atoms with E-state index in [1.54, 1.807) is 0 Å². The summed E-state index contributed by atoms with van der Waals surface area (Å²) in [7, 11) is 1.46. The Labute approximate surface area is 60.7 Å². The van der Waals surface area contributed by atoms with Crippen LogP contribution in [0.1, 0.15) is 13.8 Å². The Hall–Kier alpha value is -0.610. The molecule has 4 heteroatoms. The molecule has 60 valence electrons. The molecule has 1 amide bonds. The number of hydroxylamine groups is 1. The zero-order chi connectivity index (χ0) is 8.15. The molecule has 0 aromatic carbocycles. The molecule has 0 heterocycles. The Morgan fingerprint density at radius 2 is 2.10 bits per heavy atom. The van der Waals surface area contributed by atoms with Crippen LogP contribution in [0.15, 0.2) is 0 Å². The lowest BCUT2D eigenvalue weighted by Crippen LogP contribution is -2.44. The number of hydrogen-bond acceptors (Lipinski definition) is 3. The highest BCUT2D eigenvalue weighted by Gasteiger charge is 2.18. The molecule has 10 heavy (non-hydrogen) atoms. The van der Waals surface area contributed by atoms with Gasteiger partial charge in [0.05, 0.1) is 7.11 Å². The summed E-state index contributed by atoms with van der Waals surface area (Å²) >= 11 is 0. The summed E-state index contributed by atoms with van der Waals surface area (Å²) in [5, 5.41) is 0. The Morgan fingerprint density at radius 1 is 1.60 bits per heavy atom. The number of nitrogens with two attached hydrogens (primary N) is 1. The first-order chi connectivity index (χ1) is 4.59. The summed E-state index contributed by atoms with van der Waals surface area (Å²) in [6, 6.07) is -0.398. The first-order valence-corrected chi connectivity index (χ1v) is 3.17. The lowest BCUT2D eigenvalue weighted by atomic mass is 10.1. The molecule has 0 aliphatic rings. The largest absolute Gasteiger partial charge is 0.368 e. The van der Waals surface area contributed by atoms with E-state index in [1.165, 1.54) is 7.11 Å². The van der Waals surface area contributed by atoms with Crippen LogP contribution in [0.5, 0.6) is 0 Å². The molecule has 0 rings (SSSR count). The Balaban J connectivity index is 3.85. The average Bonchev–Trinajstić information content (AvgIpc) is 1.81. The maximum atomic E-state index is 10.6. The van der Waals surface area contributed by atoms with E-state index in [0.29, 0.717) is 0 Å². The fourth-order valence-corrected chi connectivity index (χ4v) is 0.650. The summed E-state index contributed by atoms with van der Waals surface area (Å²) in [4.78, 5) is 15.2. The monoisotopic (exact) mass is 146 g/mol. The number of rotatable bonds is 4. The van der Waals surface area contributed by atoms with E-state index in [1.807, 2.05) is 13.8 Å². The topological polar surface area (TPSA) is 64.3 Å². The molecular weight excluding hydrogens is 132 g/mol. The first-order valence-electron chi connectivity index (χ1n) is 3.17. The molecule has 0 saturated carbocycles. The van der Waals surface area contributed by atoms with Crippen molar-refractivity contribution in [3.05, 3.63) is 0 Å². The van der Waals surface area contributed by atoms with Crippen molar-refractivity contribution < 1.29 is 9.63 Å². The van der Waals surface area contributed by atoms with Gasteiger partial charge in [-0.05, 0) is 5.92 Å². The number of amides is 1. The summed E-state index contributed by atoms with van der Waals surface area (Å²) < 4.78 is 0. The molecule has 0 unspecified atom stereocenters. The second-order valence-corrected chi connectivity index (χ2v) is 2.45. The predicted molar refractivity (Wildman–Crippen MR) is 38.0 cm³/mol. The van der Waals surface area contributed by atoms with Crippen molar-refractivity contribution >= 4 is 5.91 Å². The molecule has 0 aliphatic carbocycles. The van der Waals surface area contributed by atoms with Crippen molar-refractivity contribution in [3.8, 4) is 0 Å². The van der Waals surface area contributed by atoms with Gasteiger partial charge in [0, 0.05) is 0 Å². The summed E-state index contributed by atoms with van der Waals surface area (Å²) in [5.41, 5.74) is 7.55. The van der Waals surface area contributed by atoms with Gasteiger partial charge in [-0.3, -0.25) is 4.79 Å². The zero-order valence-corrected chi connectivity index (χ0v) is 6.55. The molecule has 0 aliphatic heterocycles. The highest BCUT2D eigenvalue weighted by molar-refractivity contribution is 5.79. The van der Waals surface area contributed by atoms with E-state index in [2.05, 4.69) is 10.3 Å². The van der Waals surface area contributed by atoms with Crippen LogP contribution in [0.25, 0.3) is 0 Å². The summed E-state index contributed by atoms with van der Waals surface area (Å²) in [6.07, 6.45) is 0. The van der Waals surface area contributed by atoms with Crippen molar-refractivity contribution in [2.24, 2.45) is 11.7 Å². The molecule has 0 bridgehead atoms. The van der Waals surface area contributed by atoms with Crippen molar-refractivity contribution in [1.29, 1.82) is 0 Å². The third kappa shape index (κ3) is 2.80. The number of nitrogens with one attached hydrogen (secondary N) is 1. The Bertz CT molecular complexity index is 114. The highest BCUT2D eigenvalue weighted by Crippen LogP contribution is 1.99. The first kappa shape index (κ1) is 9.39. The van der Waals surface area contributed by atoms with Gasteiger partial charge in [-0.25, -0.2) is 0 Å². The van der Waals surface area contributed by atoms with Crippen molar-refractivity contribution in [1.82, 2.24) is 5.48 Å². The molecule has 3 N–H and O–H groups in total. The zero-order valence-electron chi connectivity index (χ0n) is 6.55. The van der Waals surface area contributed by atoms with Gasteiger partial charge in [0.2, 0.25) is 5.91 Å². The molecule has 0 aromatic heterocycles. The number of carbonyl (C=O) groups is 1. The van der Waals surface area contributed by atoms with E-state index < -0.39 is 11.9 Å². The molecule has 1 atom stereocenters. The SMILES string of the molecule is CON[C@H](C(N)=O)C(C)C. The minimum atomic E-state index is -0.398. The minimum absolute atomic E-state index is 0.150. The van der Waals surface area contributed by atoms with E-state index in [-0.39, 0.29) is 5.92 Å². The van der Waals surface area contributed by atoms with Crippen LogP contribution >= 0.6 is 0 Å². The van der Waals surface area contributed by atoms with Crippen LogP contribution in [0.2, 0.25) is 0 Å². The fourth-order valence-electron chi connectivity index (χ4n) is 0.650. The number of hydrogen-bond donors (Lipinski definition) is 2. The lowest BCUT2D eigenvalue weighted by Gasteiger charge is -2.16. The van der Waals surface area contributed by atoms with E-state index in [0.717, 1.165) is 0 Å². The minimum Gasteiger partial charge on any atom is -0.368 e. The molecule has 0 spiro atoms. The van der Waals surface area contributed by atoms with Crippen molar-refractivity contribution in [2.45, 2.75) is 19.9 Å². The second-order valence-electron chi connectivity index (χ2n) is 2.45. The maximum Gasteiger partial charge on any atom is 0.237 e. The third-order valence-electron chi connectivity index (χ3n) is 1.22. The van der Waals surface area contributed by atoms with E-state index in [9.17, 15) is 4.79 Å². The van der Waals surface area contributed by atoms with Crippen LogP contribution in [-0.2, 0) is 9.63 Å². The number of primary amides is 1. The molecule has 0 saturated heterocycles. The molecule has 0 aromatic rings. The van der Waals surface area contributed by atoms with Gasteiger partial charge in [-0.15, -0.1) is 0 Å². The van der Waals surface area contributed by atoms with Gasteiger partial charge < -0.3 is 10.6 Å². The van der Waals surface area contributed by atoms with E-state index >= 15 is 0 Å². The van der Waals surface area contributed by atoms with Crippen molar-refractivity contribution in [2.75, 3.05) is 7.11 Å². The normalized spacial score (nSPS) is 13.6. The van der Waals surface area contributed by atoms with Gasteiger partial charge in [-0.2, -0.15) is 5.48 Å². The van der Waals surface area contributed by atoms with Crippen LogP contribution in [-0.4, -0.2) is 19.1 Å². The van der Waals surface area contributed by atoms with Gasteiger partial charge in [0.1, 0.15) is 6.04 Å². The van der Waals surface area contributed by atoms with Gasteiger partial charge in [0.25, 0.3) is 0 Å².